The van der Waals surface area contributed by atoms with Crippen molar-refractivity contribution in [2.45, 2.75) is 12.7 Å². The number of imidazole rings is 1. The Kier molecular flexibility index (Phi) is 5.34. The first-order valence-electron chi connectivity index (χ1n) is 8.15. The van der Waals surface area contributed by atoms with Crippen LogP contribution in [-0.4, -0.2) is 35.0 Å². The van der Waals surface area contributed by atoms with E-state index in [9.17, 15) is 22.8 Å². The van der Waals surface area contributed by atoms with E-state index in [-0.39, 0.29) is 16.6 Å². The quantitative estimate of drug-likeness (QED) is 0.474. The lowest BCUT2D eigenvalue weighted by atomic mass is 10.1. The molecule has 9 heteroatoms. The molecule has 2 aromatic carbocycles. The predicted molar refractivity (Wildman–Crippen MR) is 93.0 cm³/mol. The lowest BCUT2D eigenvalue weighted by Gasteiger charge is -2.11. The van der Waals surface area contributed by atoms with Crippen molar-refractivity contribution in [3.05, 3.63) is 59.9 Å². The predicted octanol–water partition coefficient (Wildman–Crippen LogP) is 3.49. The van der Waals surface area contributed by atoms with Crippen molar-refractivity contribution < 1.29 is 32.2 Å². The summed E-state index contributed by atoms with van der Waals surface area (Å²) in [5.41, 5.74) is 0.511. The molecule has 0 aliphatic heterocycles. The minimum Gasteiger partial charge on any atom is -0.497 e. The highest BCUT2D eigenvalue weighted by molar-refractivity contribution is 5.98. The number of para-hydroxylation sites is 2. The second-order valence-electron chi connectivity index (χ2n) is 5.82. The molecule has 3 rings (SSSR count). The van der Waals surface area contributed by atoms with Gasteiger partial charge in [0.2, 0.25) is 5.82 Å². The molecule has 28 heavy (non-hydrogen) atoms. The highest BCUT2D eigenvalue weighted by atomic mass is 19.4. The maximum atomic E-state index is 13.2. The van der Waals surface area contributed by atoms with E-state index in [1.165, 1.54) is 37.4 Å². The number of carbonyl (C=O) groups is 2. The summed E-state index contributed by atoms with van der Waals surface area (Å²) in [4.78, 5) is 27.8. The van der Waals surface area contributed by atoms with Gasteiger partial charge in [0.15, 0.2) is 12.4 Å². The van der Waals surface area contributed by atoms with Crippen LogP contribution in [0.2, 0.25) is 0 Å². The van der Waals surface area contributed by atoms with Gasteiger partial charge in [-0.1, -0.05) is 24.3 Å². The van der Waals surface area contributed by atoms with Crippen molar-refractivity contribution in [2.24, 2.45) is 0 Å². The molecule has 1 heterocycles. The SMILES string of the molecule is COc1cccc(C(=O)COC(=O)Cn2c(C(F)(F)F)nc3ccccc32)c1. The van der Waals surface area contributed by atoms with Crippen LogP contribution in [0, 0.1) is 0 Å². The first-order chi connectivity index (χ1) is 13.3. The van der Waals surface area contributed by atoms with Gasteiger partial charge in [-0.2, -0.15) is 13.2 Å². The van der Waals surface area contributed by atoms with Gasteiger partial charge in [-0.15, -0.1) is 0 Å². The van der Waals surface area contributed by atoms with E-state index >= 15 is 0 Å². The number of ketones is 1. The topological polar surface area (TPSA) is 70.4 Å². The Bertz CT molecular complexity index is 1030. The van der Waals surface area contributed by atoms with Crippen LogP contribution in [0.25, 0.3) is 11.0 Å². The summed E-state index contributed by atoms with van der Waals surface area (Å²) >= 11 is 0. The fourth-order valence-electron chi connectivity index (χ4n) is 2.65. The number of fused-ring (bicyclic) bond motifs is 1. The van der Waals surface area contributed by atoms with Gasteiger partial charge in [0.25, 0.3) is 0 Å². The van der Waals surface area contributed by atoms with Crippen LogP contribution in [0.3, 0.4) is 0 Å². The van der Waals surface area contributed by atoms with Gasteiger partial charge in [-0.25, -0.2) is 4.98 Å². The Morgan fingerprint density at radius 3 is 2.57 bits per heavy atom. The van der Waals surface area contributed by atoms with Gasteiger partial charge in [0.1, 0.15) is 12.3 Å². The smallest absolute Gasteiger partial charge is 0.449 e. The number of rotatable bonds is 6. The lowest BCUT2D eigenvalue weighted by molar-refractivity contribution is -0.150. The fraction of sp³-hybridized carbons (Fsp3) is 0.211. The summed E-state index contributed by atoms with van der Waals surface area (Å²) in [6.07, 6.45) is -4.74. The third kappa shape index (κ3) is 4.13. The molecule has 0 saturated heterocycles. The van der Waals surface area contributed by atoms with Crippen LogP contribution >= 0.6 is 0 Å². The number of carbonyl (C=O) groups excluding carboxylic acids is 2. The average Bonchev–Trinajstić information content (AvgIpc) is 3.05. The molecule has 0 radical (unpaired) electrons. The zero-order valence-corrected chi connectivity index (χ0v) is 14.7. The molecule has 0 fully saturated rings. The summed E-state index contributed by atoms with van der Waals surface area (Å²) in [5.74, 6) is -2.23. The highest BCUT2D eigenvalue weighted by Gasteiger charge is 2.38. The van der Waals surface area contributed by atoms with E-state index in [0.29, 0.717) is 5.75 Å². The number of Topliss-reactive ketones (excluding diaryl/α,β-unsaturated/α-hetero) is 1. The Morgan fingerprint density at radius 2 is 1.86 bits per heavy atom. The van der Waals surface area contributed by atoms with Crippen LogP contribution in [0.4, 0.5) is 13.2 Å². The zero-order valence-electron chi connectivity index (χ0n) is 14.7. The monoisotopic (exact) mass is 392 g/mol. The number of nitrogens with zero attached hydrogens (tertiary/aromatic N) is 2. The highest BCUT2D eigenvalue weighted by Crippen LogP contribution is 2.31. The van der Waals surface area contributed by atoms with Crippen molar-refractivity contribution in [3.63, 3.8) is 0 Å². The molecular weight excluding hydrogens is 377 g/mol. The van der Waals surface area contributed by atoms with Crippen LogP contribution in [-0.2, 0) is 22.3 Å². The normalized spacial score (nSPS) is 11.4. The summed E-state index contributed by atoms with van der Waals surface area (Å²) in [7, 11) is 1.44. The first kappa shape index (κ1) is 19.4. The molecular formula is C19H15F3N2O4. The minimum absolute atomic E-state index is 0.107. The molecule has 0 amide bonds. The number of hydrogen-bond donors (Lipinski definition) is 0. The van der Waals surface area contributed by atoms with E-state index in [2.05, 4.69) is 4.98 Å². The molecule has 3 aromatic rings. The van der Waals surface area contributed by atoms with E-state index in [1.807, 2.05) is 0 Å². The first-order valence-corrected chi connectivity index (χ1v) is 8.15. The van der Waals surface area contributed by atoms with Gasteiger partial charge < -0.3 is 14.0 Å². The van der Waals surface area contributed by atoms with Crippen molar-refractivity contribution in [1.82, 2.24) is 9.55 Å². The molecule has 0 saturated carbocycles. The van der Waals surface area contributed by atoms with Crippen LogP contribution in [0.5, 0.6) is 5.75 Å². The molecule has 6 nitrogen and oxygen atoms in total. The van der Waals surface area contributed by atoms with Gasteiger partial charge in [-0.05, 0) is 24.3 Å². The summed E-state index contributed by atoms with van der Waals surface area (Å²) < 4.78 is 50.3. The number of benzene rings is 2. The van der Waals surface area contributed by atoms with Crippen LogP contribution in [0.1, 0.15) is 16.2 Å². The van der Waals surface area contributed by atoms with Crippen molar-refractivity contribution in [2.75, 3.05) is 13.7 Å². The number of methoxy groups -OCH3 is 1. The number of halogens is 3. The summed E-state index contributed by atoms with van der Waals surface area (Å²) in [6, 6.07) is 12.2. The third-order valence-corrected chi connectivity index (χ3v) is 3.95. The molecule has 1 aromatic heterocycles. The maximum absolute atomic E-state index is 13.2. The van der Waals surface area contributed by atoms with Gasteiger partial charge in [0.05, 0.1) is 18.1 Å². The van der Waals surface area contributed by atoms with E-state index in [1.54, 1.807) is 18.2 Å². The minimum atomic E-state index is -4.74. The van der Waals surface area contributed by atoms with Gasteiger partial charge >= 0.3 is 12.1 Å². The number of alkyl halides is 3. The molecule has 0 unspecified atom stereocenters. The number of esters is 1. The fourth-order valence-corrected chi connectivity index (χ4v) is 2.65. The molecule has 146 valence electrons. The molecule has 0 aliphatic carbocycles. The largest absolute Gasteiger partial charge is 0.497 e. The van der Waals surface area contributed by atoms with Crippen molar-refractivity contribution in [1.29, 1.82) is 0 Å². The zero-order chi connectivity index (χ0) is 20.3. The Labute approximate surface area is 157 Å². The van der Waals surface area contributed by atoms with Crippen LogP contribution in [0.15, 0.2) is 48.5 Å². The average molecular weight is 392 g/mol. The number of aromatic nitrogens is 2. The van der Waals surface area contributed by atoms with E-state index in [0.717, 1.165) is 4.57 Å². The standard InChI is InChI=1S/C19H15F3N2O4/c1-27-13-6-4-5-12(9-13)16(25)11-28-17(26)10-24-15-8-3-2-7-14(15)23-18(24)19(20,21)22/h2-9H,10-11H2,1H3. The second-order valence-corrected chi connectivity index (χ2v) is 5.82. The van der Waals surface area contributed by atoms with E-state index in [4.69, 9.17) is 9.47 Å². The summed E-state index contributed by atoms with van der Waals surface area (Å²) in [5, 5.41) is 0. The molecule has 0 N–H and O–H groups in total. The third-order valence-electron chi connectivity index (χ3n) is 3.95. The van der Waals surface area contributed by atoms with Crippen molar-refractivity contribution in [3.8, 4) is 5.75 Å². The molecule has 0 spiro atoms. The van der Waals surface area contributed by atoms with Gasteiger partial charge in [-0.3, -0.25) is 9.59 Å². The van der Waals surface area contributed by atoms with E-state index < -0.39 is 36.9 Å². The molecule has 0 bridgehead atoms. The lowest BCUT2D eigenvalue weighted by Crippen LogP contribution is -2.22. The Morgan fingerprint density at radius 1 is 1.11 bits per heavy atom. The van der Waals surface area contributed by atoms with Crippen LogP contribution < -0.4 is 4.74 Å². The van der Waals surface area contributed by atoms with Gasteiger partial charge in [0, 0.05) is 5.56 Å². The second kappa shape index (κ2) is 7.71. The summed E-state index contributed by atoms with van der Waals surface area (Å²) in [6.45, 7) is -1.32. The molecule has 0 atom stereocenters. The number of hydrogen-bond acceptors (Lipinski definition) is 5. The Hall–Kier alpha value is -3.36. The molecule has 0 aliphatic rings. The Balaban J connectivity index is 1.74. The van der Waals surface area contributed by atoms with Crippen molar-refractivity contribution >= 4 is 22.8 Å². The maximum Gasteiger partial charge on any atom is 0.449 e. The number of ether oxygens (including phenoxy) is 2.